The van der Waals surface area contributed by atoms with Crippen LogP contribution in [0, 0.1) is 0 Å². The Morgan fingerprint density at radius 3 is 2.83 bits per heavy atom. The second kappa shape index (κ2) is 2.33. The van der Waals surface area contributed by atoms with Crippen LogP contribution in [0.25, 0.3) is 5.95 Å². The lowest BCUT2D eigenvalue weighted by atomic mass is 10.7. The fraction of sp³-hybridized carbons (Fsp3) is 0.167. The summed E-state index contributed by atoms with van der Waals surface area (Å²) in [5.41, 5.74) is 5.45. The molecule has 12 heavy (non-hydrogen) atoms. The van der Waals surface area contributed by atoms with Crippen molar-refractivity contribution in [3.63, 3.8) is 0 Å². The van der Waals surface area contributed by atoms with Crippen LogP contribution < -0.4 is 5.73 Å². The van der Waals surface area contributed by atoms with Gasteiger partial charge < -0.3 is 5.73 Å². The summed E-state index contributed by atoms with van der Waals surface area (Å²) in [6.45, 7) is 0. The fourth-order valence-electron chi connectivity index (χ4n) is 0.947. The maximum atomic E-state index is 5.45. The number of aryl methyl sites for hydroxylation is 1. The number of hydrogen-bond acceptors (Lipinski definition) is 4. The first kappa shape index (κ1) is 6.84. The quantitative estimate of drug-likeness (QED) is 0.621. The summed E-state index contributed by atoms with van der Waals surface area (Å²) in [6.07, 6.45) is 3.20. The number of nitrogens with zero attached hydrogens (tertiary/aromatic N) is 5. The summed E-state index contributed by atoms with van der Waals surface area (Å²) in [4.78, 5) is 4.00. The molecule has 2 heterocycles. The average molecular weight is 164 g/mol. The topological polar surface area (TPSA) is 74.5 Å². The van der Waals surface area contributed by atoms with E-state index < -0.39 is 0 Å². The number of rotatable bonds is 1. The van der Waals surface area contributed by atoms with Gasteiger partial charge >= 0.3 is 0 Å². The van der Waals surface area contributed by atoms with Gasteiger partial charge in [-0.1, -0.05) is 0 Å². The predicted molar refractivity (Wildman–Crippen MR) is 42.5 cm³/mol. The lowest BCUT2D eigenvalue weighted by molar-refractivity contribution is 0.690. The summed E-state index contributed by atoms with van der Waals surface area (Å²) >= 11 is 0. The highest BCUT2D eigenvalue weighted by Gasteiger charge is 2.03. The molecule has 0 radical (unpaired) electrons. The largest absolute Gasteiger partial charge is 0.382 e. The van der Waals surface area contributed by atoms with Crippen molar-refractivity contribution >= 4 is 5.82 Å². The van der Waals surface area contributed by atoms with Crippen LogP contribution >= 0.6 is 0 Å². The minimum Gasteiger partial charge on any atom is -0.382 e. The smallest absolute Gasteiger partial charge is 0.248 e. The molecule has 0 amide bonds. The SMILES string of the molecule is Cn1ncnc1-n1ccc(N)n1. The monoisotopic (exact) mass is 164 g/mol. The molecule has 0 atom stereocenters. The van der Waals surface area contributed by atoms with E-state index >= 15 is 0 Å². The van der Waals surface area contributed by atoms with Gasteiger partial charge in [0.25, 0.3) is 0 Å². The van der Waals surface area contributed by atoms with E-state index in [1.807, 2.05) is 0 Å². The van der Waals surface area contributed by atoms with Crippen LogP contribution in [0.4, 0.5) is 5.82 Å². The van der Waals surface area contributed by atoms with Crippen molar-refractivity contribution in [2.75, 3.05) is 5.73 Å². The maximum absolute atomic E-state index is 5.45. The number of anilines is 1. The van der Waals surface area contributed by atoms with Gasteiger partial charge in [0, 0.05) is 19.3 Å². The third-order valence-corrected chi connectivity index (χ3v) is 1.50. The van der Waals surface area contributed by atoms with Gasteiger partial charge in [-0.05, 0) is 0 Å². The van der Waals surface area contributed by atoms with Gasteiger partial charge in [-0.25, -0.2) is 9.36 Å². The highest BCUT2D eigenvalue weighted by Crippen LogP contribution is 2.02. The molecule has 0 aliphatic heterocycles. The minimum absolute atomic E-state index is 0.470. The van der Waals surface area contributed by atoms with E-state index in [0.717, 1.165) is 0 Å². The van der Waals surface area contributed by atoms with Crippen molar-refractivity contribution < 1.29 is 0 Å². The molecular formula is C6H8N6. The Morgan fingerprint density at radius 1 is 1.50 bits per heavy atom. The first-order valence-electron chi connectivity index (χ1n) is 3.43. The van der Waals surface area contributed by atoms with E-state index in [4.69, 9.17) is 5.73 Å². The molecule has 0 fully saturated rings. The summed E-state index contributed by atoms with van der Waals surface area (Å²) < 4.78 is 3.19. The predicted octanol–water partition coefficient (Wildman–Crippen LogP) is -0.417. The number of nitrogens with two attached hydrogens (primary N) is 1. The minimum atomic E-state index is 0.470. The molecule has 0 saturated heterocycles. The third kappa shape index (κ3) is 0.931. The molecule has 0 saturated carbocycles. The van der Waals surface area contributed by atoms with Crippen molar-refractivity contribution in [1.29, 1.82) is 0 Å². The summed E-state index contributed by atoms with van der Waals surface area (Å²) in [6, 6.07) is 1.70. The molecule has 62 valence electrons. The summed E-state index contributed by atoms with van der Waals surface area (Å²) in [5.74, 6) is 1.12. The highest BCUT2D eigenvalue weighted by molar-refractivity contribution is 5.26. The van der Waals surface area contributed by atoms with Crippen molar-refractivity contribution in [2.24, 2.45) is 7.05 Å². The second-order valence-electron chi connectivity index (χ2n) is 2.37. The molecule has 0 aromatic carbocycles. The Labute approximate surface area is 68.6 Å². The van der Waals surface area contributed by atoms with Crippen molar-refractivity contribution in [1.82, 2.24) is 24.5 Å². The van der Waals surface area contributed by atoms with Gasteiger partial charge in [-0.15, -0.1) is 5.10 Å². The summed E-state index contributed by atoms with van der Waals surface area (Å²) in [5, 5.41) is 7.89. The number of aromatic nitrogens is 5. The first-order chi connectivity index (χ1) is 5.77. The van der Waals surface area contributed by atoms with Crippen LogP contribution in [0.1, 0.15) is 0 Å². The Hall–Kier alpha value is -1.85. The zero-order chi connectivity index (χ0) is 8.55. The highest BCUT2D eigenvalue weighted by atomic mass is 15.5. The first-order valence-corrected chi connectivity index (χ1v) is 3.43. The normalized spacial score (nSPS) is 10.4. The van der Waals surface area contributed by atoms with Gasteiger partial charge in [0.2, 0.25) is 5.95 Å². The molecule has 0 aliphatic carbocycles. The van der Waals surface area contributed by atoms with Crippen molar-refractivity contribution in [2.45, 2.75) is 0 Å². The number of hydrogen-bond donors (Lipinski definition) is 1. The molecule has 2 N–H and O–H groups in total. The molecule has 2 rings (SSSR count). The molecule has 0 aliphatic rings. The van der Waals surface area contributed by atoms with Crippen molar-refractivity contribution in [3.8, 4) is 5.95 Å². The molecular weight excluding hydrogens is 156 g/mol. The molecule has 2 aromatic heterocycles. The van der Waals surface area contributed by atoms with Crippen LogP contribution in [0.3, 0.4) is 0 Å². The van der Waals surface area contributed by atoms with Gasteiger partial charge in [0.15, 0.2) is 0 Å². The standard InChI is InChI=1S/C6H8N6/c1-11-6(8-4-9-11)12-3-2-5(7)10-12/h2-4H,1H3,(H2,7,10). The molecule has 2 aromatic rings. The third-order valence-electron chi connectivity index (χ3n) is 1.50. The fourth-order valence-corrected chi connectivity index (χ4v) is 0.947. The van der Waals surface area contributed by atoms with E-state index in [0.29, 0.717) is 11.8 Å². The van der Waals surface area contributed by atoms with E-state index in [-0.39, 0.29) is 0 Å². The van der Waals surface area contributed by atoms with Gasteiger partial charge in [-0.2, -0.15) is 10.1 Å². The van der Waals surface area contributed by atoms with E-state index in [2.05, 4.69) is 15.2 Å². The van der Waals surface area contributed by atoms with Crippen LogP contribution in [-0.2, 0) is 7.05 Å². The summed E-state index contributed by atoms with van der Waals surface area (Å²) in [7, 11) is 1.79. The van der Waals surface area contributed by atoms with Crippen LogP contribution in [0.15, 0.2) is 18.6 Å². The van der Waals surface area contributed by atoms with Gasteiger partial charge in [0.05, 0.1) is 0 Å². The van der Waals surface area contributed by atoms with Gasteiger partial charge in [-0.3, -0.25) is 0 Å². The van der Waals surface area contributed by atoms with E-state index in [1.54, 1.807) is 28.7 Å². The maximum Gasteiger partial charge on any atom is 0.248 e. The lowest BCUT2D eigenvalue weighted by Gasteiger charge is -1.97. The van der Waals surface area contributed by atoms with Gasteiger partial charge in [0.1, 0.15) is 12.1 Å². The molecule has 6 nitrogen and oxygen atoms in total. The van der Waals surface area contributed by atoms with Crippen LogP contribution in [-0.4, -0.2) is 24.5 Å². The molecule has 6 heteroatoms. The van der Waals surface area contributed by atoms with Crippen molar-refractivity contribution in [3.05, 3.63) is 18.6 Å². The zero-order valence-electron chi connectivity index (χ0n) is 6.55. The second-order valence-corrected chi connectivity index (χ2v) is 2.37. The average Bonchev–Trinajstić information content (AvgIpc) is 2.58. The molecule has 0 spiro atoms. The molecule has 0 bridgehead atoms. The Kier molecular flexibility index (Phi) is 1.33. The van der Waals surface area contributed by atoms with Crippen LogP contribution in [0.5, 0.6) is 0 Å². The van der Waals surface area contributed by atoms with E-state index in [9.17, 15) is 0 Å². The Morgan fingerprint density at radius 2 is 2.33 bits per heavy atom. The Bertz CT molecular complexity index is 386. The molecule has 0 unspecified atom stereocenters. The Balaban J connectivity index is 2.50. The zero-order valence-corrected chi connectivity index (χ0v) is 6.55. The lowest BCUT2D eigenvalue weighted by Crippen LogP contribution is -2.05. The van der Waals surface area contributed by atoms with Crippen LogP contribution in [0.2, 0.25) is 0 Å². The van der Waals surface area contributed by atoms with E-state index in [1.165, 1.54) is 6.33 Å². The number of nitrogen functional groups attached to an aromatic ring is 1.